The predicted octanol–water partition coefficient (Wildman–Crippen LogP) is 5.36. The van der Waals surface area contributed by atoms with Crippen molar-refractivity contribution in [3.63, 3.8) is 0 Å². The summed E-state index contributed by atoms with van der Waals surface area (Å²) in [7, 11) is 0. The summed E-state index contributed by atoms with van der Waals surface area (Å²) in [5.41, 5.74) is -0.433. The third-order valence-electron chi connectivity index (χ3n) is 3.89. The van der Waals surface area contributed by atoms with E-state index in [1.807, 2.05) is 0 Å². The van der Waals surface area contributed by atoms with Crippen LogP contribution < -0.4 is 0 Å². The van der Waals surface area contributed by atoms with Gasteiger partial charge in [0.2, 0.25) is 11.1 Å². The number of halogens is 4. The van der Waals surface area contributed by atoms with Crippen molar-refractivity contribution in [1.29, 1.82) is 0 Å². The second kappa shape index (κ2) is 7.47. The number of alkyl halides is 3. The van der Waals surface area contributed by atoms with Gasteiger partial charge in [0.05, 0.1) is 4.90 Å². The Bertz CT molecular complexity index is 587. The number of allylic oxidation sites excluding steroid dienone is 1. The molecule has 1 aliphatic carbocycles. The molecule has 1 atom stereocenters. The minimum Gasteiger partial charge on any atom is -0.367 e. The van der Waals surface area contributed by atoms with Crippen molar-refractivity contribution in [2.75, 3.05) is 0 Å². The summed E-state index contributed by atoms with van der Waals surface area (Å²) in [5.74, 6) is -0.932. The fraction of sp³-hybridized carbons (Fsp3) is 0.500. The van der Waals surface area contributed by atoms with Crippen LogP contribution in [0.25, 0.3) is 0 Å². The van der Waals surface area contributed by atoms with Gasteiger partial charge in [-0.15, -0.1) is 0 Å². The summed E-state index contributed by atoms with van der Waals surface area (Å²) in [6.07, 6.45) is -2.20. The molecule has 2 rings (SSSR count). The Morgan fingerprint density at radius 2 is 1.70 bits per heavy atom. The Kier molecular flexibility index (Phi) is 5.84. The van der Waals surface area contributed by atoms with Crippen LogP contribution in [-0.2, 0) is 15.3 Å². The molecule has 0 saturated heterocycles. The molecular formula is C16H18F4O2S. The van der Waals surface area contributed by atoms with Gasteiger partial charge in [0.1, 0.15) is 5.57 Å². The normalized spacial score (nSPS) is 19.2. The van der Waals surface area contributed by atoms with E-state index in [-0.39, 0.29) is 17.7 Å². The Balaban J connectivity index is 2.23. The number of benzene rings is 1. The van der Waals surface area contributed by atoms with Crippen LogP contribution in [0.2, 0.25) is 0 Å². The van der Waals surface area contributed by atoms with E-state index < -0.39 is 34.8 Å². The van der Waals surface area contributed by atoms with Crippen LogP contribution in [0.4, 0.5) is 17.6 Å². The van der Waals surface area contributed by atoms with E-state index in [9.17, 15) is 21.8 Å². The molecule has 0 radical (unpaired) electrons. The molecule has 0 bridgehead atoms. The molecule has 128 valence electrons. The maximum absolute atomic E-state index is 14.1. The Morgan fingerprint density at radius 3 is 2.22 bits per heavy atom. The molecule has 1 unspecified atom stereocenters. The van der Waals surface area contributed by atoms with Crippen molar-refractivity contribution in [2.24, 2.45) is 5.92 Å². The van der Waals surface area contributed by atoms with Crippen LogP contribution in [0, 0.1) is 12.8 Å². The van der Waals surface area contributed by atoms with Gasteiger partial charge in [-0.2, -0.15) is 17.6 Å². The second-order valence-corrected chi connectivity index (χ2v) is 6.76. The maximum atomic E-state index is 14.1. The third kappa shape index (κ3) is 4.80. The van der Waals surface area contributed by atoms with Crippen LogP contribution >= 0.6 is 0 Å². The van der Waals surface area contributed by atoms with E-state index in [1.54, 1.807) is 19.1 Å². The lowest BCUT2D eigenvalue weighted by Gasteiger charge is -2.25. The SMILES string of the molecule is Cc1ccc(S(=O)O/C(F)=C(\C2CCCCC2)C(F)(F)F)cc1. The molecule has 1 saturated carbocycles. The number of rotatable bonds is 4. The van der Waals surface area contributed by atoms with Gasteiger partial charge in [-0.3, -0.25) is 0 Å². The first-order valence-electron chi connectivity index (χ1n) is 7.42. The zero-order valence-corrected chi connectivity index (χ0v) is 13.5. The number of hydrogen-bond acceptors (Lipinski definition) is 2. The van der Waals surface area contributed by atoms with Gasteiger partial charge in [-0.1, -0.05) is 37.0 Å². The molecule has 0 aromatic heterocycles. The predicted molar refractivity (Wildman–Crippen MR) is 79.4 cm³/mol. The van der Waals surface area contributed by atoms with E-state index in [0.29, 0.717) is 12.8 Å². The molecule has 0 aliphatic heterocycles. The summed E-state index contributed by atoms with van der Waals surface area (Å²) in [4.78, 5) is 0.121. The summed E-state index contributed by atoms with van der Waals surface area (Å²) < 4.78 is 70.1. The van der Waals surface area contributed by atoms with E-state index in [0.717, 1.165) is 12.0 Å². The molecular weight excluding hydrogens is 332 g/mol. The van der Waals surface area contributed by atoms with E-state index in [1.165, 1.54) is 12.1 Å². The molecule has 1 fully saturated rings. The highest BCUT2D eigenvalue weighted by Crippen LogP contribution is 2.41. The topological polar surface area (TPSA) is 26.3 Å². The fourth-order valence-corrected chi connectivity index (χ4v) is 3.38. The van der Waals surface area contributed by atoms with Crippen LogP contribution in [0.5, 0.6) is 0 Å². The van der Waals surface area contributed by atoms with Gasteiger partial charge in [-0.25, -0.2) is 4.21 Å². The summed E-state index contributed by atoms with van der Waals surface area (Å²) in [6, 6.07) is 4.36. The molecule has 7 heteroatoms. The molecule has 0 heterocycles. The minimum absolute atomic E-state index is 0.121. The van der Waals surface area contributed by atoms with Gasteiger partial charge in [0.25, 0.3) is 6.01 Å². The monoisotopic (exact) mass is 350 g/mol. The summed E-state index contributed by atoms with van der Waals surface area (Å²) >= 11 is -2.31. The highest BCUT2D eigenvalue weighted by atomic mass is 32.2. The summed E-state index contributed by atoms with van der Waals surface area (Å²) in [6.45, 7) is 1.80. The van der Waals surface area contributed by atoms with Crippen molar-refractivity contribution in [1.82, 2.24) is 0 Å². The Hall–Kier alpha value is -1.37. The molecule has 23 heavy (non-hydrogen) atoms. The Morgan fingerprint density at radius 1 is 1.13 bits per heavy atom. The van der Waals surface area contributed by atoms with E-state index >= 15 is 0 Å². The van der Waals surface area contributed by atoms with Crippen LogP contribution in [0.1, 0.15) is 37.7 Å². The van der Waals surface area contributed by atoms with Crippen molar-refractivity contribution >= 4 is 11.1 Å². The third-order valence-corrected chi connectivity index (χ3v) is 4.85. The van der Waals surface area contributed by atoms with Crippen LogP contribution in [0.3, 0.4) is 0 Å². The number of hydrogen-bond donors (Lipinski definition) is 0. The Labute approximate surface area is 135 Å². The molecule has 2 nitrogen and oxygen atoms in total. The lowest BCUT2D eigenvalue weighted by Crippen LogP contribution is -2.24. The largest absolute Gasteiger partial charge is 0.418 e. The molecule has 0 spiro atoms. The molecule has 1 aliphatic rings. The second-order valence-electron chi connectivity index (χ2n) is 5.65. The van der Waals surface area contributed by atoms with Crippen molar-refractivity contribution in [2.45, 2.75) is 50.1 Å². The maximum Gasteiger partial charge on any atom is 0.418 e. The average molecular weight is 350 g/mol. The van der Waals surface area contributed by atoms with Gasteiger partial charge < -0.3 is 4.18 Å². The first-order valence-corrected chi connectivity index (χ1v) is 8.50. The van der Waals surface area contributed by atoms with Crippen molar-refractivity contribution in [3.05, 3.63) is 41.4 Å². The molecule has 0 N–H and O–H groups in total. The first kappa shape index (κ1) is 18.0. The van der Waals surface area contributed by atoms with Crippen molar-refractivity contribution in [3.8, 4) is 0 Å². The molecule has 0 amide bonds. The van der Waals surface area contributed by atoms with Crippen LogP contribution in [0.15, 0.2) is 40.7 Å². The number of aryl methyl sites for hydroxylation is 1. The smallest absolute Gasteiger partial charge is 0.367 e. The average Bonchev–Trinajstić information content (AvgIpc) is 2.47. The highest BCUT2D eigenvalue weighted by Gasteiger charge is 2.43. The quantitative estimate of drug-likeness (QED) is 0.540. The van der Waals surface area contributed by atoms with Gasteiger partial charge in [0.15, 0.2) is 0 Å². The highest BCUT2D eigenvalue weighted by molar-refractivity contribution is 7.80. The van der Waals surface area contributed by atoms with Gasteiger partial charge >= 0.3 is 6.18 Å². The van der Waals surface area contributed by atoms with Gasteiger partial charge in [0, 0.05) is 0 Å². The summed E-state index contributed by atoms with van der Waals surface area (Å²) in [5, 5.41) is 0. The standard InChI is InChI=1S/C16H18F4O2S/c1-11-7-9-13(10-8-11)23(21)22-15(17)14(16(18,19)20)12-5-3-2-4-6-12/h7-10,12H,2-6H2,1H3/b15-14+. The fourth-order valence-electron chi connectivity index (χ4n) is 2.70. The minimum atomic E-state index is -4.83. The zero-order valence-electron chi connectivity index (χ0n) is 12.7. The lowest BCUT2D eigenvalue weighted by atomic mass is 9.84. The van der Waals surface area contributed by atoms with Crippen LogP contribution in [-0.4, -0.2) is 10.4 Å². The lowest BCUT2D eigenvalue weighted by molar-refractivity contribution is -0.105. The first-order chi connectivity index (χ1) is 10.8. The van der Waals surface area contributed by atoms with Gasteiger partial charge in [-0.05, 0) is 37.8 Å². The molecule has 1 aromatic carbocycles. The molecule has 1 aromatic rings. The zero-order chi connectivity index (χ0) is 17.0. The van der Waals surface area contributed by atoms with Crippen molar-refractivity contribution < 1.29 is 26.0 Å². The van der Waals surface area contributed by atoms with E-state index in [4.69, 9.17) is 0 Å². The van der Waals surface area contributed by atoms with E-state index in [2.05, 4.69) is 4.18 Å².